The summed E-state index contributed by atoms with van der Waals surface area (Å²) in [4.78, 5) is 16.9. The largest absolute Gasteiger partial charge is 0.457 e. The maximum atomic E-state index is 12.3. The molecule has 0 saturated heterocycles. The van der Waals surface area contributed by atoms with E-state index in [1.165, 1.54) is 22.8 Å². The molecule has 2 N–H and O–H groups in total. The molecule has 0 spiro atoms. The Labute approximate surface area is 216 Å². The smallest absolute Gasteiger partial charge is 0.250 e. The third kappa shape index (κ3) is 5.66. The number of anilines is 1. The fourth-order valence-corrected chi connectivity index (χ4v) is 4.58. The molecular weight excluding hydrogens is 498 g/mol. The van der Waals surface area contributed by atoms with Gasteiger partial charge in [-0.2, -0.15) is 0 Å². The van der Waals surface area contributed by atoms with Crippen molar-refractivity contribution in [1.82, 2.24) is 10.3 Å². The van der Waals surface area contributed by atoms with Gasteiger partial charge in [-0.25, -0.2) is 4.98 Å². The number of nitrogens with zero attached hydrogens (tertiary/aromatic N) is 1. The van der Waals surface area contributed by atoms with Crippen molar-refractivity contribution in [3.63, 3.8) is 0 Å². The number of thiocarbonyl (C=S) groups is 1. The predicted octanol–water partition coefficient (Wildman–Crippen LogP) is 7.40. The van der Waals surface area contributed by atoms with Gasteiger partial charge in [-0.15, -0.1) is 11.3 Å². The van der Waals surface area contributed by atoms with Gasteiger partial charge in [-0.1, -0.05) is 48.0 Å². The van der Waals surface area contributed by atoms with Gasteiger partial charge in [0.05, 0.1) is 5.69 Å². The lowest BCUT2D eigenvalue weighted by Crippen LogP contribution is -2.32. The molecule has 5 aromatic rings. The highest BCUT2D eigenvalue weighted by atomic mass is 35.5. The number of amides is 1. The summed E-state index contributed by atoms with van der Waals surface area (Å²) in [7, 11) is 0. The van der Waals surface area contributed by atoms with E-state index in [-0.39, 0.29) is 11.0 Å². The van der Waals surface area contributed by atoms with Crippen molar-refractivity contribution in [2.45, 2.75) is 0 Å². The topological polar surface area (TPSA) is 67.2 Å². The number of hydrogen-bond donors (Lipinski definition) is 2. The second-order valence-corrected chi connectivity index (χ2v) is 9.29. The fourth-order valence-electron chi connectivity index (χ4n) is 3.46. The number of benzene rings is 3. The Hall–Kier alpha value is -3.78. The molecule has 2 heterocycles. The van der Waals surface area contributed by atoms with Crippen LogP contribution in [0.3, 0.4) is 0 Å². The maximum Gasteiger partial charge on any atom is 0.250 e. The lowest BCUT2D eigenvalue weighted by atomic mass is 10.1. The molecule has 0 unspecified atom stereocenters. The Morgan fingerprint density at radius 3 is 2.57 bits per heavy atom. The zero-order chi connectivity index (χ0) is 24.2. The van der Waals surface area contributed by atoms with E-state index in [1.807, 2.05) is 41.8 Å². The van der Waals surface area contributed by atoms with Crippen LogP contribution < -0.4 is 10.6 Å². The van der Waals surface area contributed by atoms with E-state index < -0.39 is 0 Å². The van der Waals surface area contributed by atoms with Crippen molar-refractivity contribution in [2.75, 3.05) is 5.32 Å². The van der Waals surface area contributed by atoms with Crippen molar-refractivity contribution < 1.29 is 9.21 Å². The van der Waals surface area contributed by atoms with Gasteiger partial charge in [0.25, 0.3) is 0 Å². The fraction of sp³-hybridized carbons (Fsp3) is 0. The molecule has 0 fully saturated rings. The highest BCUT2D eigenvalue weighted by molar-refractivity contribution is 7.80. The number of rotatable bonds is 5. The summed E-state index contributed by atoms with van der Waals surface area (Å²) in [6, 6.07) is 25.4. The van der Waals surface area contributed by atoms with Gasteiger partial charge in [0.2, 0.25) is 5.91 Å². The van der Waals surface area contributed by atoms with Crippen LogP contribution in [0, 0.1) is 0 Å². The molecule has 3 aromatic carbocycles. The first-order chi connectivity index (χ1) is 17.0. The van der Waals surface area contributed by atoms with Crippen molar-refractivity contribution in [3.05, 3.63) is 101 Å². The molecular formula is C27H18ClN3O2S2. The third-order valence-electron chi connectivity index (χ3n) is 5.16. The highest BCUT2D eigenvalue weighted by Gasteiger charge is 2.09. The van der Waals surface area contributed by atoms with Gasteiger partial charge in [0, 0.05) is 27.6 Å². The van der Waals surface area contributed by atoms with Crippen molar-refractivity contribution in [1.29, 1.82) is 0 Å². The standard InChI is InChI=1S/C27H18ClN3O2S2/c28-21-9-7-18(8-10-21)24-13-11-22(33-24)12-14-25(32)30-26(34)31-27-29-23(16-35-27)20-6-5-17-3-1-2-4-19(17)15-20/h1-16H,(H2,29,30,31,32,34). The summed E-state index contributed by atoms with van der Waals surface area (Å²) in [5, 5.41) is 11.3. The van der Waals surface area contributed by atoms with Crippen molar-refractivity contribution >= 4 is 68.2 Å². The van der Waals surface area contributed by atoms with E-state index in [9.17, 15) is 4.79 Å². The number of thiazole rings is 1. The zero-order valence-corrected chi connectivity index (χ0v) is 20.6. The van der Waals surface area contributed by atoms with Crippen LogP contribution in [0.5, 0.6) is 0 Å². The number of aromatic nitrogens is 1. The zero-order valence-electron chi connectivity index (χ0n) is 18.2. The van der Waals surface area contributed by atoms with Gasteiger partial charge in [0.15, 0.2) is 10.2 Å². The predicted molar refractivity (Wildman–Crippen MR) is 148 cm³/mol. The van der Waals surface area contributed by atoms with Crippen LogP contribution in [0.15, 0.2) is 94.7 Å². The lowest BCUT2D eigenvalue weighted by molar-refractivity contribution is -0.115. The molecule has 5 rings (SSSR count). The van der Waals surface area contributed by atoms with Gasteiger partial charge in [-0.3, -0.25) is 10.1 Å². The number of carbonyl (C=O) groups is 1. The molecule has 0 aliphatic carbocycles. The average Bonchev–Trinajstić information content (AvgIpc) is 3.53. The van der Waals surface area contributed by atoms with Gasteiger partial charge < -0.3 is 9.73 Å². The number of hydrogen-bond acceptors (Lipinski definition) is 5. The van der Waals surface area contributed by atoms with Crippen LogP contribution in [-0.4, -0.2) is 16.0 Å². The number of carbonyl (C=O) groups excluding carboxylic acids is 1. The highest BCUT2D eigenvalue weighted by Crippen LogP contribution is 2.28. The van der Waals surface area contributed by atoms with Crippen LogP contribution in [0.2, 0.25) is 5.02 Å². The first-order valence-corrected chi connectivity index (χ1v) is 12.3. The molecule has 0 aliphatic rings. The number of nitrogens with one attached hydrogen (secondary N) is 2. The first-order valence-electron chi connectivity index (χ1n) is 10.6. The minimum atomic E-state index is -0.377. The molecule has 0 aliphatic heterocycles. The van der Waals surface area contributed by atoms with Gasteiger partial charge in [-0.05, 0) is 71.5 Å². The summed E-state index contributed by atoms with van der Waals surface area (Å²) >= 11 is 12.6. The quantitative estimate of drug-likeness (QED) is 0.188. The van der Waals surface area contributed by atoms with Gasteiger partial charge in [0.1, 0.15) is 11.5 Å². The Bertz CT molecular complexity index is 1550. The molecule has 5 nitrogen and oxygen atoms in total. The lowest BCUT2D eigenvalue weighted by Gasteiger charge is -2.04. The molecule has 172 valence electrons. The molecule has 8 heteroatoms. The van der Waals surface area contributed by atoms with E-state index in [1.54, 1.807) is 24.3 Å². The molecule has 2 aromatic heterocycles. The average molecular weight is 516 g/mol. The second kappa shape index (κ2) is 10.2. The summed E-state index contributed by atoms with van der Waals surface area (Å²) in [5.41, 5.74) is 2.75. The number of furan rings is 1. The maximum absolute atomic E-state index is 12.3. The Morgan fingerprint density at radius 2 is 1.74 bits per heavy atom. The molecule has 35 heavy (non-hydrogen) atoms. The van der Waals surface area contributed by atoms with Gasteiger partial charge >= 0.3 is 0 Å². The normalized spacial score (nSPS) is 11.1. The van der Waals surface area contributed by atoms with Crippen LogP contribution in [-0.2, 0) is 4.79 Å². The Morgan fingerprint density at radius 1 is 0.971 bits per heavy atom. The minimum Gasteiger partial charge on any atom is -0.457 e. The molecule has 0 atom stereocenters. The van der Waals surface area contributed by atoms with E-state index in [2.05, 4.69) is 39.9 Å². The Kier molecular flexibility index (Phi) is 6.72. The molecule has 0 bridgehead atoms. The van der Waals surface area contributed by atoms with E-state index in [4.69, 9.17) is 28.2 Å². The SMILES string of the molecule is O=C(C=Cc1ccc(-c2ccc(Cl)cc2)o1)NC(=S)Nc1nc(-c2ccc3ccccc3c2)cs1. The number of fused-ring (bicyclic) bond motifs is 1. The van der Waals surface area contributed by atoms with E-state index in [0.717, 1.165) is 22.2 Å². The van der Waals surface area contributed by atoms with E-state index in [0.29, 0.717) is 21.7 Å². The third-order valence-corrected chi connectivity index (χ3v) is 6.37. The number of halogens is 1. The van der Waals surface area contributed by atoms with Crippen LogP contribution in [0.1, 0.15) is 5.76 Å². The summed E-state index contributed by atoms with van der Waals surface area (Å²) in [5.74, 6) is 0.854. The Balaban J connectivity index is 1.17. The summed E-state index contributed by atoms with van der Waals surface area (Å²) in [6.07, 6.45) is 2.94. The minimum absolute atomic E-state index is 0.167. The second-order valence-electron chi connectivity index (χ2n) is 7.59. The van der Waals surface area contributed by atoms with Crippen molar-refractivity contribution in [3.8, 4) is 22.6 Å². The van der Waals surface area contributed by atoms with Crippen LogP contribution in [0.25, 0.3) is 39.4 Å². The van der Waals surface area contributed by atoms with E-state index >= 15 is 0 Å². The van der Waals surface area contributed by atoms with Crippen LogP contribution >= 0.6 is 35.2 Å². The molecule has 0 saturated carbocycles. The molecule has 0 radical (unpaired) electrons. The summed E-state index contributed by atoms with van der Waals surface area (Å²) < 4.78 is 5.77. The molecule has 1 amide bonds. The first kappa shape index (κ1) is 23.0. The monoisotopic (exact) mass is 515 g/mol. The summed E-state index contributed by atoms with van der Waals surface area (Å²) in [6.45, 7) is 0. The van der Waals surface area contributed by atoms with Crippen LogP contribution in [0.4, 0.5) is 5.13 Å². The van der Waals surface area contributed by atoms with Crippen molar-refractivity contribution in [2.24, 2.45) is 0 Å².